The fraction of sp³-hybridized carbons (Fsp3) is 0.364. The molecule has 76 valence electrons. The van der Waals surface area contributed by atoms with Gasteiger partial charge in [0.05, 0.1) is 0 Å². The van der Waals surface area contributed by atoms with E-state index in [4.69, 9.17) is 5.11 Å². The van der Waals surface area contributed by atoms with Crippen molar-refractivity contribution < 1.29 is 9.90 Å². The summed E-state index contributed by atoms with van der Waals surface area (Å²) in [4.78, 5) is 12.3. The number of hydrogen-bond donors (Lipinski definition) is 1. The van der Waals surface area contributed by atoms with Crippen molar-refractivity contribution >= 4 is 6.09 Å². The Morgan fingerprint density at radius 2 is 1.93 bits per heavy atom. The highest BCUT2D eigenvalue weighted by atomic mass is 16.4. The average Bonchev–Trinajstić information content (AvgIpc) is 2.15. The lowest BCUT2D eigenvalue weighted by atomic mass is 10.2. The van der Waals surface area contributed by atoms with Crippen LogP contribution in [0.25, 0.3) is 0 Å². The molecule has 1 aromatic rings. The van der Waals surface area contributed by atoms with Crippen LogP contribution in [0.5, 0.6) is 0 Å². The first kappa shape index (κ1) is 10.6. The third-order valence-corrected chi connectivity index (χ3v) is 2.06. The first-order valence-corrected chi connectivity index (χ1v) is 4.64. The second kappa shape index (κ2) is 4.65. The Hall–Kier alpha value is -1.51. The summed E-state index contributed by atoms with van der Waals surface area (Å²) in [5.74, 6) is 0. The maximum absolute atomic E-state index is 10.9. The average molecular weight is 193 g/mol. The summed E-state index contributed by atoms with van der Waals surface area (Å²) in [7, 11) is 0. The second-order valence-corrected chi connectivity index (χ2v) is 3.49. The summed E-state index contributed by atoms with van der Waals surface area (Å²) >= 11 is 0. The van der Waals surface area contributed by atoms with Gasteiger partial charge in [-0.05, 0) is 19.4 Å². The highest BCUT2D eigenvalue weighted by molar-refractivity contribution is 5.65. The van der Waals surface area contributed by atoms with E-state index in [2.05, 4.69) is 0 Å². The van der Waals surface area contributed by atoms with Gasteiger partial charge in [0.1, 0.15) is 0 Å². The first-order valence-electron chi connectivity index (χ1n) is 4.64. The predicted octanol–water partition coefficient (Wildman–Crippen LogP) is 2.58. The molecule has 0 saturated heterocycles. The number of benzene rings is 1. The molecule has 0 aliphatic carbocycles. The molecule has 0 fully saturated rings. The van der Waals surface area contributed by atoms with Crippen LogP contribution in [0.3, 0.4) is 0 Å². The minimum atomic E-state index is -0.871. The molecule has 0 spiro atoms. The van der Waals surface area contributed by atoms with Crippen molar-refractivity contribution in [2.75, 3.05) is 0 Å². The Balaban J connectivity index is 2.70. The van der Waals surface area contributed by atoms with Crippen LogP contribution in [0.4, 0.5) is 4.79 Å². The van der Waals surface area contributed by atoms with Gasteiger partial charge >= 0.3 is 6.09 Å². The fourth-order valence-corrected chi connectivity index (χ4v) is 1.25. The van der Waals surface area contributed by atoms with Crippen LogP contribution in [-0.2, 0) is 6.54 Å². The van der Waals surface area contributed by atoms with Gasteiger partial charge in [0.25, 0.3) is 0 Å². The van der Waals surface area contributed by atoms with E-state index < -0.39 is 6.09 Å². The summed E-state index contributed by atoms with van der Waals surface area (Å²) in [6, 6.07) is 9.61. The van der Waals surface area contributed by atoms with E-state index in [0.29, 0.717) is 6.54 Å². The molecule has 1 amide bonds. The molecule has 0 unspecified atom stereocenters. The zero-order chi connectivity index (χ0) is 10.6. The van der Waals surface area contributed by atoms with E-state index >= 15 is 0 Å². The molecule has 0 aliphatic rings. The second-order valence-electron chi connectivity index (χ2n) is 3.49. The predicted molar refractivity (Wildman–Crippen MR) is 55.1 cm³/mol. The molecule has 3 heteroatoms. The van der Waals surface area contributed by atoms with Crippen molar-refractivity contribution in [2.24, 2.45) is 0 Å². The summed E-state index contributed by atoms with van der Waals surface area (Å²) < 4.78 is 0. The van der Waals surface area contributed by atoms with Crippen LogP contribution in [0.2, 0.25) is 0 Å². The summed E-state index contributed by atoms with van der Waals surface area (Å²) in [6.07, 6.45) is -0.871. The van der Waals surface area contributed by atoms with Crippen LogP contribution in [0, 0.1) is 0 Å². The van der Waals surface area contributed by atoms with Crippen LogP contribution >= 0.6 is 0 Å². The number of rotatable bonds is 3. The number of carbonyl (C=O) groups is 1. The summed E-state index contributed by atoms with van der Waals surface area (Å²) in [6.45, 7) is 4.20. The molecule has 0 radical (unpaired) electrons. The van der Waals surface area contributed by atoms with E-state index in [1.54, 1.807) is 0 Å². The Bertz CT molecular complexity index is 295. The van der Waals surface area contributed by atoms with Gasteiger partial charge in [-0.15, -0.1) is 0 Å². The van der Waals surface area contributed by atoms with Gasteiger partial charge in [0.2, 0.25) is 0 Å². The van der Waals surface area contributed by atoms with E-state index in [1.165, 1.54) is 4.90 Å². The lowest BCUT2D eigenvalue weighted by Crippen LogP contribution is -2.35. The minimum absolute atomic E-state index is 0.00714. The Morgan fingerprint density at radius 1 is 1.36 bits per heavy atom. The maximum atomic E-state index is 10.9. The van der Waals surface area contributed by atoms with Gasteiger partial charge in [-0.3, -0.25) is 0 Å². The van der Waals surface area contributed by atoms with Gasteiger partial charge < -0.3 is 10.0 Å². The van der Waals surface area contributed by atoms with Crippen LogP contribution in [-0.4, -0.2) is 22.1 Å². The molecular formula is C11H15NO2. The molecule has 0 aromatic heterocycles. The normalized spacial score (nSPS) is 10.2. The van der Waals surface area contributed by atoms with Crippen molar-refractivity contribution in [1.82, 2.24) is 4.90 Å². The Kier molecular flexibility index (Phi) is 3.51. The molecule has 1 rings (SSSR count). The SMILES string of the molecule is CC(C)N(Cc1ccccc1)C(=O)O. The van der Waals surface area contributed by atoms with Gasteiger partial charge in [-0.1, -0.05) is 30.3 Å². The first-order chi connectivity index (χ1) is 6.61. The fourth-order valence-electron chi connectivity index (χ4n) is 1.25. The molecule has 0 heterocycles. The number of nitrogens with zero attached hydrogens (tertiary/aromatic N) is 1. The van der Waals surface area contributed by atoms with Gasteiger partial charge in [0, 0.05) is 12.6 Å². The lowest BCUT2D eigenvalue weighted by molar-refractivity contribution is 0.128. The van der Waals surface area contributed by atoms with Gasteiger partial charge in [0.15, 0.2) is 0 Å². The molecule has 14 heavy (non-hydrogen) atoms. The highest BCUT2D eigenvalue weighted by Crippen LogP contribution is 2.07. The van der Waals surface area contributed by atoms with Crippen molar-refractivity contribution in [1.29, 1.82) is 0 Å². The monoisotopic (exact) mass is 193 g/mol. The quantitative estimate of drug-likeness (QED) is 0.801. The van der Waals surface area contributed by atoms with Crippen molar-refractivity contribution in [3.63, 3.8) is 0 Å². The molecule has 3 nitrogen and oxygen atoms in total. The summed E-state index contributed by atoms with van der Waals surface area (Å²) in [5.41, 5.74) is 1.02. The van der Waals surface area contributed by atoms with Crippen LogP contribution < -0.4 is 0 Å². The van der Waals surface area contributed by atoms with E-state index in [9.17, 15) is 4.79 Å². The van der Waals surface area contributed by atoms with E-state index in [0.717, 1.165) is 5.56 Å². The number of hydrogen-bond acceptors (Lipinski definition) is 1. The molecule has 0 atom stereocenters. The van der Waals surface area contributed by atoms with Crippen LogP contribution in [0.1, 0.15) is 19.4 Å². The third kappa shape index (κ3) is 2.76. The molecule has 1 aromatic carbocycles. The van der Waals surface area contributed by atoms with Crippen molar-refractivity contribution in [3.05, 3.63) is 35.9 Å². The molecule has 0 aliphatic heterocycles. The molecule has 0 saturated carbocycles. The number of amides is 1. The topological polar surface area (TPSA) is 40.5 Å². The maximum Gasteiger partial charge on any atom is 0.407 e. The number of carboxylic acid groups (broad SMARTS) is 1. The van der Waals surface area contributed by atoms with Crippen molar-refractivity contribution in [2.45, 2.75) is 26.4 Å². The molecular weight excluding hydrogens is 178 g/mol. The smallest absolute Gasteiger partial charge is 0.407 e. The Morgan fingerprint density at radius 3 is 2.36 bits per heavy atom. The van der Waals surface area contributed by atoms with E-state index in [1.807, 2.05) is 44.2 Å². The highest BCUT2D eigenvalue weighted by Gasteiger charge is 2.15. The standard InChI is InChI=1S/C11H15NO2/c1-9(2)12(11(13)14)8-10-6-4-3-5-7-10/h3-7,9H,8H2,1-2H3,(H,13,14). The van der Waals surface area contributed by atoms with Gasteiger partial charge in [-0.25, -0.2) is 4.79 Å². The third-order valence-electron chi connectivity index (χ3n) is 2.06. The minimum Gasteiger partial charge on any atom is -0.465 e. The Labute approximate surface area is 84.0 Å². The zero-order valence-electron chi connectivity index (χ0n) is 8.47. The molecule has 1 N–H and O–H groups in total. The van der Waals surface area contributed by atoms with Crippen molar-refractivity contribution in [3.8, 4) is 0 Å². The van der Waals surface area contributed by atoms with E-state index in [-0.39, 0.29) is 6.04 Å². The molecule has 0 bridgehead atoms. The van der Waals surface area contributed by atoms with Crippen LogP contribution in [0.15, 0.2) is 30.3 Å². The van der Waals surface area contributed by atoms with Gasteiger partial charge in [-0.2, -0.15) is 0 Å². The summed E-state index contributed by atoms with van der Waals surface area (Å²) in [5, 5.41) is 8.93. The lowest BCUT2D eigenvalue weighted by Gasteiger charge is -2.23. The largest absolute Gasteiger partial charge is 0.465 e. The zero-order valence-corrected chi connectivity index (χ0v) is 8.47.